The number of amides is 1. The van der Waals surface area contributed by atoms with Gasteiger partial charge >= 0.3 is 0 Å². The van der Waals surface area contributed by atoms with Crippen LogP contribution in [0.15, 0.2) is 6.33 Å². The van der Waals surface area contributed by atoms with Crippen LogP contribution in [-0.2, 0) is 4.79 Å². The molecule has 2 N–H and O–H groups in total. The largest absolute Gasteiger partial charge is 0.490 e. The minimum Gasteiger partial charge on any atom is -0.490 e. The van der Waals surface area contributed by atoms with Crippen molar-refractivity contribution in [1.82, 2.24) is 9.97 Å². The molecule has 1 heterocycles. The van der Waals surface area contributed by atoms with Crippen molar-refractivity contribution in [2.45, 2.75) is 6.92 Å². The zero-order chi connectivity index (χ0) is 12.1. The minimum absolute atomic E-state index is 0.0558. The second-order valence-electron chi connectivity index (χ2n) is 3.00. The van der Waals surface area contributed by atoms with Gasteiger partial charge in [0.1, 0.15) is 6.33 Å². The third-order valence-electron chi connectivity index (χ3n) is 1.97. The zero-order valence-electron chi connectivity index (χ0n) is 9.11. The first-order valence-electron chi connectivity index (χ1n) is 4.67. The summed E-state index contributed by atoms with van der Waals surface area (Å²) < 4.78 is 5.09. The number of carbonyl (C=O) groups is 1. The molecule has 0 fully saturated rings. The summed E-state index contributed by atoms with van der Waals surface area (Å²) in [5, 5.41) is 0.204. The van der Waals surface area contributed by atoms with Gasteiger partial charge in [0, 0.05) is 6.54 Å². The molecule has 16 heavy (non-hydrogen) atoms. The average molecular weight is 245 g/mol. The first-order chi connectivity index (χ1) is 7.60. The van der Waals surface area contributed by atoms with Gasteiger partial charge in [0.2, 0.25) is 5.91 Å². The standard InChI is InChI=1S/C9H13ClN4O2/c1-3-14(4-6(11)15)9-7(16-2)8(10)12-5-13-9/h5H,3-4H2,1-2H3,(H2,11,15). The molecule has 1 aromatic rings. The molecule has 0 aliphatic heterocycles. The maximum atomic E-state index is 10.9. The molecule has 0 bridgehead atoms. The summed E-state index contributed by atoms with van der Waals surface area (Å²) in [5.41, 5.74) is 5.14. The van der Waals surface area contributed by atoms with Gasteiger partial charge in [-0.25, -0.2) is 9.97 Å². The van der Waals surface area contributed by atoms with Gasteiger partial charge in [-0.05, 0) is 6.92 Å². The maximum Gasteiger partial charge on any atom is 0.237 e. The van der Waals surface area contributed by atoms with Gasteiger partial charge in [0.25, 0.3) is 0 Å². The summed E-state index contributed by atoms with van der Waals surface area (Å²) in [6.07, 6.45) is 1.31. The number of ether oxygens (including phenoxy) is 1. The van der Waals surface area contributed by atoms with Crippen molar-refractivity contribution in [3.8, 4) is 5.75 Å². The van der Waals surface area contributed by atoms with E-state index in [1.165, 1.54) is 13.4 Å². The molecule has 6 nitrogen and oxygen atoms in total. The first kappa shape index (κ1) is 12.5. The van der Waals surface area contributed by atoms with Gasteiger partial charge in [-0.2, -0.15) is 0 Å². The molecule has 1 amide bonds. The van der Waals surface area contributed by atoms with E-state index in [1.807, 2.05) is 6.92 Å². The van der Waals surface area contributed by atoms with Crippen molar-refractivity contribution in [3.05, 3.63) is 11.5 Å². The summed E-state index contributed by atoms with van der Waals surface area (Å²) in [5.74, 6) is 0.356. The number of aromatic nitrogens is 2. The van der Waals surface area contributed by atoms with Crippen molar-refractivity contribution >= 4 is 23.3 Å². The van der Waals surface area contributed by atoms with E-state index in [-0.39, 0.29) is 11.7 Å². The Balaban J connectivity index is 3.08. The van der Waals surface area contributed by atoms with E-state index in [4.69, 9.17) is 22.1 Å². The lowest BCUT2D eigenvalue weighted by molar-refractivity contribution is -0.116. The number of anilines is 1. The van der Waals surface area contributed by atoms with Crippen LogP contribution < -0.4 is 15.4 Å². The average Bonchev–Trinajstić information content (AvgIpc) is 2.25. The van der Waals surface area contributed by atoms with Crippen molar-refractivity contribution in [2.24, 2.45) is 5.73 Å². The minimum atomic E-state index is -0.446. The normalized spacial score (nSPS) is 9.94. The van der Waals surface area contributed by atoms with Crippen LogP contribution in [0.5, 0.6) is 5.75 Å². The fraction of sp³-hybridized carbons (Fsp3) is 0.444. The number of methoxy groups -OCH3 is 1. The summed E-state index contributed by atoms with van der Waals surface area (Å²) in [7, 11) is 1.46. The van der Waals surface area contributed by atoms with Crippen LogP contribution in [0.2, 0.25) is 5.15 Å². The molecule has 0 atom stereocenters. The molecule has 7 heteroatoms. The van der Waals surface area contributed by atoms with E-state index < -0.39 is 5.91 Å². The molecule has 0 spiro atoms. The Morgan fingerprint density at radius 3 is 2.81 bits per heavy atom. The van der Waals surface area contributed by atoms with Gasteiger partial charge in [0.15, 0.2) is 16.7 Å². The molecule has 0 unspecified atom stereocenters. The molecule has 88 valence electrons. The van der Waals surface area contributed by atoms with E-state index in [2.05, 4.69) is 9.97 Å². The van der Waals surface area contributed by atoms with Crippen LogP contribution in [-0.4, -0.2) is 36.1 Å². The number of hydrogen-bond donors (Lipinski definition) is 1. The predicted molar refractivity (Wildman–Crippen MR) is 60.7 cm³/mol. The Labute approximate surface area is 98.4 Å². The number of nitrogens with zero attached hydrogens (tertiary/aromatic N) is 3. The molecular formula is C9H13ClN4O2. The second kappa shape index (κ2) is 5.50. The number of rotatable bonds is 5. The van der Waals surface area contributed by atoms with Gasteiger partial charge in [-0.1, -0.05) is 11.6 Å². The predicted octanol–water partition coefficient (Wildman–Crippen LogP) is 0.450. The highest BCUT2D eigenvalue weighted by Crippen LogP contribution is 2.30. The highest BCUT2D eigenvalue weighted by atomic mass is 35.5. The number of halogens is 1. The summed E-state index contributed by atoms with van der Waals surface area (Å²) in [6.45, 7) is 2.49. The Morgan fingerprint density at radius 2 is 2.31 bits per heavy atom. The van der Waals surface area contributed by atoms with Crippen LogP contribution in [0.25, 0.3) is 0 Å². The van der Waals surface area contributed by atoms with Gasteiger partial charge < -0.3 is 15.4 Å². The van der Waals surface area contributed by atoms with Crippen molar-refractivity contribution in [1.29, 1.82) is 0 Å². The SMILES string of the molecule is CCN(CC(N)=O)c1ncnc(Cl)c1OC. The van der Waals surface area contributed by atoms with Gasteiger partial charge in [-0.3, -0.25) is 4.79 Å². The molecule has 0 saturated heterocycles. The summed E-state index contributed by atoms with van der Waals surface area (Å²) in [4.78, 5) is 20.4. The molecule has 1 aromatic heterocycles. The van der Waals surface area contributed by atoms with E-state index in [1.54, 1.807) is 4.90 Å². The molecular weight excluding hydrogens is 232 g/mol. The monoisotopic (exact) mass is 244 g/mol. The fourth-order valence-electron chi connectivity index (χ4n) is 1.27. The summed E-state index contributed by atoms with van der Waals surface area (Å²) in [6, 6.07) is 0. The molecule has 0 radical (unpaired) electrons. The van der Waals surface area contributed by atoms with Crippen molar-refractivity contribution in [2.75, 3.05) is 25.1 Å². The van der Waals surface area contributed by atoms with Crippen LogP contribution in [0.3, 0.4) is 0 Å². The van der Waals surface area contributed by atoms with E-state index in [9.17, 15) is 4.79 Å². The van der Waals surface area contributed by atoms with E-state index in [0.717, 1.165) is 0 Å². The number of hydrogen-bond acceptors (Lipinski definition) is 5. The molecule has 0 aliphatic rings. The van der Waals surface area contributed by atoms with E-state index >= 15 is 0 Å². The van der Waals surface area contributed by atoms with Crippen molar-refractivity contribution < 1.29 is 9.53 Å². The summed E-state index contributed by atoms with van der Waals surface area (Å²) >= 11 is 5.85. The quantitative estimate of drug-likeness (QED) is 0.761. The Hall–Kier alpha value is -1.56. The fourth-order valence-corrected chi connectivity index (χ4v) is 1.47. The number of likely N-dealkylation sites (N-methyl/N-ethyl adjacent to an activating group) is 1. The first-order valence-corrected chi connectivity index (χ1v) is 5.05. The molecule has 0 aliphatic carbocycles. The van der Waals surface area contributed by atoms with Gasteiger partial charge in [-0.15, -0.1) is 0 Å². The topological polar surface area (TPSA) is 81.3 Å². The second-order valence-corrected chi connectivity index (χ2v) is 3.36. The van der Waals surface area contributed by atoms with Crippen LogP contribution in [0, 0.1) is 0 Å². The Bertz CT molecular complexity index is 386. The number of carbonyl (C=O) groups excluding carboxylic acids is 1. The van der Waals surface area contributed by atoms with Gasteiger partial charge in [0.05, 0.1) is 13.7 Å². The lowest BCUT2D eigenvalue weighted by Gasteiger charge is -2.21. The number of primary amides is 1. The Morgan fingerprint density at radius 1 is 1.62 bits per heavy atom. The molecule has 1 rings (SSSR count). The highest BCUT2D eigenvalue weighted by Gasteiger charge is 2.17. The smallest absolute Gasteiger partial charge is 0.237 e. The van der Waals surface area contributed by atoms with Crippen LogP contribution in [0.4, 0.5) is 5.82 Å². The Kier molecular flexibility index (Phi) is 4.30. The van der Waals surface area contributed by atoms with E-state index in [0.29, 0.717) is 18.1 Å². The third-order valence-corrected chi connectivity index (χ3v) is 2.24. The lowest BCUT2D eigenvalue weighted by Crippen LogP contribution is -2.34. The van der Waals surface area contributed by atoms with Crippen LogP contribution in [0.1, 0.15) is 6.92 Å². The van der Waals surface area contributed by atoms with Crippen molar-refractivity contribution in [3.63, 3.8) is 0 Å². The lowest BCUT2D eigenvalue weighted by atomic mass is 10.4. The van der Waals surface area contributed by atoms with Crippen LogP contribution >= 0.6 is 11.6 Å². The highest BCUT2D eigenvalue weighted by molar-refractivity contribution is 6.31. The number of nitrogens with two attached hydrogens (primary N) is 1. The molecule has 0 saturated carbocycles. The third kappa shape index (κ3) is 2.73. The zero-order valence-corrected chi connectivity index (χ0v) is 9.86. The maximum absolute atomic E-state index is 10.9. The molecule has 0 aromatic carbocycles.